The molecule has 4 nitrogen and oxygen atoms in total. The van der Waals surface area contributed by atoms with Crippen molar-refractivity contribution in [1.29, 1.82) is 0 Å². The second kappa shape index (κ2) is 5.97. The normalized spacial score (nSPS) is 13.1. The number of hydrogen-bond donors (Lipinski definition) is 2. The van der Waals surface area contributed by atoms with E-state index in [1.165, 1.54) is 0 Å². The van der Waals surface area contributed by atoms with Crippen LogP contribution in [0.15, 0.2) is 60.7 Å². The van der Waals surface area contributed by atoms with Gasteiger partial charge < -0.3 is 0 Å². The van der Waals surface area contributed by atoms with Crippen LogP contribution in [-0.2, 0) is 16.7 Å². The molecule has 2 N–H and O–H groups in total. The summed E-state index contributed by atoms with van der Waals surface area (Å²) in [5.41, 5.74) is 1.47. The Balaban J connectivity index is 2.17. The predicted molar refractivity (Wildman–Crippen MR) is 74.0 cm³/mol. The summed E-state index contributed by atoms with van der Waals surface area (Å²) in [6.07, 6.45) is 0. The van der Waals surface area contributed by atoms with Crippen molar-refractivity contribution in [3.8, 4) is 0 Å². The lowest BCUT2D eigenvalue weighted by Gasteiger charge is -2.16. The topological polar surface area (TPSA) is 66.4 Å². The Morgan fingerprint density at radius 2 is 1.47 bits per heavy atom. The molecule has 100 valence electrons. The lowest BCUT2D eigenvalue weighted by Crippen LogP contribution is -2.28. The first-order chi connectivity index (χ1) is 9.07. The summed E-state index contributed by atoms with van der Waals surface area (Å²) in [7, 11) is -4.20. The van der Waals surface area contributed by atoms with E-state index in [1.54, 1.807) is 30.3 Å². The SMILES string of the molecule is O=S(=O)(O)C(NCc1ccccc1)c1ccccc1. The van der Waals surface area contributed by atoms with Crippen LogP contribution in [0.3, 0.4) is 0 Å². The van der Waals surface area contributed by atoms with Crippen LogP contribution in [0.2, 0.25) is 0 Å². The fraction of sp³-hybridized carbons (Fsp3) is 0.143. The molecule has 2 rings (SSSR count). The highest BCUT2D eigenvalue weighted by atomic mass is 32.2. The smallest absolute Gasteiger partial charge is 0.285 e. The first kappa shape index (κ1) is 13.7. The molecular weight excluding hydrogens is 262 g/mol. The Hall–Kier alpha value is -1.69. The first-order valence-corrected chi connectivity index (χ1v) is 7.36. The van der Waals surface area contributed by atoms with E-state index >= 15 is 0 Å². The summed E-state index contributed by atoms with van der Waals surface area (Å²) in [5.74, 6) is 0. The summed E-state index contributed by atoms with van der Waals surface area (Å²) in [6, 6.07) is 18.0. The van der Waals surface area contributed by atoms with Crippen molar-refractivity contribution < 1.29 is 13.0 Å². The molecule has 5 heteroatoms. The van der Waals surface area contributed by atoms with E-state index in [4.69, 9.17) is 0 Å². The molecule has 0 radical (unpaired) electrons. The number of benzene rings is 2. The first-order valence-electron chi connectivity index (χ1n) is 5.86. The predicted octanol–water partition coefficient (Wildman–Crippen LogP) is 2.36. The van der Waals surface area contributed by atoms with E-state index in [0.717, 1.165) is 5.56 Å². The zero-order valence-corrected chi connectivity index (χ0v) is 11.0. The molecule has 2 aromatic rings. The Morgan fingerprint density at radius 3 is 2.00 bits per heavy atom. The van der Waals surface area contributed by atoms with Gasteiger partial charge in [0, 0.05) is 6.54 Å². The molecule has 0 bridgehead atoms. The lowest BCUT2D eigenvalue weighted by atomic mass is 10.2. The summed E-state index contributed by atoms with van der Waals surface area (Å²) in [4.78, 5) is 0. The zero-order chi connectivity index (χ0) is 13.7. The molecule has 0 spiro atoms. The van der Waals surface area contributed by atoms with Crippen LogP contribution in [0.5, 0.6) is 0 Å². The van der Waals surface area contributed by atoms with Crippen molar-refractivity contribution >= 4 is 10.1 Å². The van der Waals surface area contributed by atoms with Crippen LogP contribution in [-0.4, -0.2) is 13.0 Å². The van der Waals surface area contributed by atoms with Crippen molar-refractivity contribution in [1.82, 2.24) is 5.32 Å². The third-order valence-electron chi connectivity index (χ3n) is 2.73. The molecule has 0 aliphatic heterocycles. The molecule has 0 amide bonds. The van der Waals surface area contributed by atoms with Gasteiger partial charge in [-0.2, -0.15) is 8.42 Å². The Kier molecular flexibility index (Phi) is 4.31. The Labute approximate surface area is 112 Å². The van der Waals surface area contributed by atoms with E-state index < -0.39 is 15.5 Å². The maximum Gasteiger partial charge on any atom is 0.285 e. The van der Waals surface area contributed by atoms with Gasteiger partial charge in [-0.25, -0.2) is 0 Å². The van der Waals surface area contributed by atoms with Gasteiger partial charge in [0.1, 0.15) is 0 Å². The highest BCUT2D eigenvalue weighted by Gasteiger charge is 2.23. The Morgan fingerprint density at radius 1 is 0.947 bits per heavy atom. The molecule has 0 saturated carbocycles. The van der Waals surface area contributed by atoms with Gasteiger partial charge >= 0.3 is 0 Å². The molecular formula is C14H15NO3S. The molecule has 2 aromatic carbocycles. The van der Waals surface area contributed by atoms with E-state index in [0.29, 0.717) is 12.1 Å². The average molecular weight is 277 g/mol. The average Bonchev–Trinajstić information content (AvgIpc) is 2.40. The highest BCUT2D eigenvalue weighted by molar-refractivity contribution is 7.86. The van der Waals surface area contributed by atoms with Gasteiger partial charge in [-0.3, -0.25) is 9.87 Å². The minimum atomic E-state index is -4.20. The van der Waals surface area contributed by atoms with Crippen LogP contribution in [0.25, 0.3) is 0 Å². The fourth-order valence-corrected chi connectivity index (χ4v) is 2.62. The summed E-state index contributed by atoms with van der Waals surface area (Å²) >= 11 is 0. The van der Waals surface area contributed by atoms with E-state index in [9.17, 15) is 13.0 Å². The fourth-order valence-electron chi connectivity index (χ4n) is 1.83. The van der Waals surface area contributed by atoms with Crippen molar-refractivity contribution in [2.45, 2.75) is 11.9 Å². The minimum absolute atomic E-state index is 0.361. The van der Waals surface area contributed by atoms with Gasteiger partial charge in [-0.1, -0.05) is 60.7 Å². The van der Waals surface area contributed by atoms with Gasteiger partial charge in [0.15, 0.2) is 5.37 Å². The third kappa shape index (κ3) is 3.89. The van der Waals surface area contributed by atoms with Crippen molar-refractivity contribution in [2.24, 2.45) is 0 Å². The zero-order valence-electron chi connectivity index (χ0n) is 10.2. The Bertz CT molecular complexity index is 612. The van der Waals surface area contributed by atoms with Gasteiger partial charge in [0.05, 0.1) is 0 Å². The second-order valence-corrected chi connectivity index (χ2v) is 5.67. The summed E-state index contributed by atoms with van der Waals surface area (Å²) < 4.78 is 32.2. The van der Waals surface area contributed by atoms with E-state index in [-0.39, 0.29) is 0 Å². The maximum absolute atomic E-state index is 11.4. The van der Waals surface area contributed by atoms with Gasteiger partial charge in [-0.15, -0.1) is 0 Å². The molecule has 1 unspecified atom stereocenters. The number of hydrogen-bond acceptors (Lipinski definition) is 3. The van der Waals surface area contributed by atoms with Gasteiger partial charge in [-0.05, 0) is 11.1 Å². The van der Waals surface area contributed by atoms with Crippen LogP contribution >= 0.6 is 0 Å². The molecule has 0 aliphatic rings. The monoisotopic (exact) mass is 277 g/mol. The largest absolute Gasteiger partial charge is 0.291 e. The molecule has 0 fully saturated rings. The standard InChI is InChI=1S/C14H15NO3S/c16-19(17,18)14(13-9-5-2-6-10-13)15-11-12-7-3-1-4-8-12/h1-10,14-15H,11H2,(H,16,17,18). The second-order valence-electron chi connectivity index (χ2n) is 4.17. The highest BCUT2D eigenvalue weighted by Crippen LogP contribution is 2.18. The van der Waals surface area contributed by atoms with Crippen LogP contribution in [0.4, 0.5) is 0 Å². The molecule has 0 aromatic heterocycles. The molecule has 1 atom stereocenters. The lowest BCUT2D eigenvalue weighted by molar-refractivity contribution is 0.452. The summed E-state index contributed by atoms with van der Waals surface area (Å²) in [6.45, 7) is 0.361. The number of rotatable bonds is 5. The van der Waals surface area contributed by atoms with Gasteiger partial charge in [0.25, 0.3) is 10.1 Å². The quantitative estimate of drug-likeness (QED) is 0.823. The van der Waals surface area contributed by atoms with E-state index in [1.807, 2.05) is 30.3 Å². The van der Waals surface area contributed by atoms with E-state index in [2.05, 4.69) is 5.32 Å². The molecule has 0 heterocycles. The van der Waals surface area contributed by atoms with Crippen LogP contribution in [0.1, 0.15) is 16.5 Å². The van der Waals surface area contributed by atoms with Crippen molar-refractivity contribution in [2.75, 3.05) is 0 Å². The molecule has 19 heavy (non-hydrogen) atoms. The number of nitrogens with one attached hydrogen (secondary N) is 1. The van der Waals surface area contributed by atoms with Crippen molar-refractivity contribution in [3.05, 3.63) is 71.8 Å². The van der Waals surface area contributed by atoms with Crippen LogP contribution in [0, 0.1) is 0 Å². The van der Waals surface area contributed by atoms with Crippen LogP contribution < -0.4 is 5.32 Å². The third-order valence-corrected chi connectivity index (χ3v) is 3.77. The maximum atomic E-state index is 11.4. The minimum Gasteiger partial charge on any atom is -0.291 e. The van der Waals surface area contributed by atoms with Crippen molar-refractivity contribution in [3.63, 3.8) is 0 Å². The molecule has 0 aliphatic carbocycles. The molecule has 0 saturated heterocycles. The summed E-state index contributed by atoms with van der Waals surface area (Å²) in [5, 5.41) is 1.74. The van der Waals surface area contributed by atoms with Gasteiger partial charge in [0.2, 0.25) is 0 Å².